The highest BCUT2D eigenvalue weighted by Gasteiger charge is 2.22. The highest BCUT2D eigenvalue weighted by molar-refractivity contribution is 14.1. The van der Waals surface area contributed by atoms with Crippen molar-refractivity contribution in [3.63, 3.8) is 0 Å². The Hall–Kier alpha value is -0.0900. The molecular weight excluding hydrogens is 333 g/mol. The Bertz CT molecular complexity index is 345. The van der Waals surface area contributed by atoms with E-state index in [4.69, 9.17) is 0 Å². The molecule has 0 aliphatic heterocycles. The second kappa shape index (κ2) is 7.49. The number of rotatable bonds is 7. The molecule has 1 atom stereocenters. The summed E-state index contributed by atoms with van der Waals surface area (Å²) in [5, 5.41) is 3.61. The lowest BCUT2D eigenvalue weighted by Crippen LogP contribution is -2.35. The normalized spacial score (nSPS) is 14.8. The molecule has 1 rings (SSSR count). The van der Waals surface area contributed by atoms with Crippen molar-refractivity contribution in [2.45, 2.75) is 40.5 Å². The second-order valence-corrected chi connectivity index (χ2v) is 7.24. The Morgan fingerprint density at radius 1 is 1.22 bits per heavy atom. The Morgan fingerprint density at radius 2 is 1.83 bits per heavy atom. The zero-order valence-corrected chi connectivity index (χ0v) is 14.3. The van der Waals surface area contributed by atoms with Gasteiger partial charge in [0.25, 0.3) is 0 Å². The first-order chi connectivity index (χ1) is 8.45. The largest absolute Gasteiger partial charge is 0.316 e. The highest BCUT2D eigenvalue weighted by atomic mass is 127. The molecule has 0 amide bonds. The molecule has 0 heterocycles. The van der Waals surface area contributed by atoms with E-state index in [0.717, 1.165) is 25.4 Å². The van der Waals surface area contributed by atoms with Gasteiger partial charge in [-0.15, -0.1) is 0 Å². The minimum Gasteiger partial charge on any atom is -0.316 e. The summed E-state index contributed by atoms with van der Waals surface area (Å²) in [6.45, 7) is 11.4. The summed E-state index contributed by atoms with van der Waals surface area (Å²) in [5.41, 5.74) is 1.81. The van der Waals surface area contributed by atoms with Crippen LogP contribution < -0.4 is 5.32 Å². The van der Waals surface area contributed by atoms with Gasteiger partial charge < -0.3 is 5.32 Å². The molecule has 0 fully saturated rings. The van der Waals surface area contributed by atoms with Crippen LogP contribution in [0, 0.1) is 14.9 Å². The van der Waals surface area contributed by atoms with Crippen LogP contribution >= 0.6 is 22.6 Å². The zero-order chi connectivity index (χ0) is 13.6. The van der Waals surface area contributed by atoms with Crippen LogP contribution in [0.2, 0.25) is 0 Å². The van der Waals surface area contributed by atoms with Crippen molar-refractivity contribution < 1.29 is 0 Å². The lowest BCUT2D eigenvalue weighted by Gasteiger charge is -2.29. The average Bonchev–Trinajstić information content (AvgIpc) is 2.32. The van der Waals surface area contributed by atoms with Crippen molar-refractivity contribution in [2.75, 3.05) is 13.1 Å². The first-order valence-electron chi connectivity index (χ1n) is 6.90. The van der Waals surface area contributed by atoms with Gasteiger partial charge in [-0.05, 0) is 71.0 Å². The van der Waals surface area contributed by atoms with Gasteiger partial charge in [-0.3, -0.25) is 0 Å². The molecule has 0 aliphatic carbocycles. The Kier molecular flexibility index (Phi) is 6.64. The van der Waals surface area contributed by atoms with Crippen molar-refractivity contribution in [3.05, 3.63) is 33.4 Å². The number of hydrogen-bond donors (Lipinski definition) is 1. The van der Waals surface area contributed by atoms with Crippen LogP contribution in [0.3, 0.4) is 0 Å². The van der Waals surface area contributed by atoms with E-state index < -0.39 is 0 Å². The van der Waals surface area contributed by atoms with Crippen molar-refractivity contribution >= 4 is 22.6 Å². The first-order valence-corrected chi connectivity index (χ1v) is 7.98. The van der Waals surface area contributed by atoms with Crippen LogP contribution in [0.1, 0.15) is 39.7 Å². The van der Waals surface area contributed by atoms with Gasteiger partial charge in [0.2, 0.25) is 0 Å². The highest BCUT2D eigenvalue weighted by Crippen LogP contribution is 2.26. The fourth-order valence-electron chi connectivity index (χ4n) is 2.07. The van der Waals surface area contributed by atoms with Crippen molar-refractivity contribution in [3.8, 4) is 0 Å². The lowest BCUT2D eigenvalue weighted by atomic mass is 9.81. The summed E-state index contributed by atoms with van der Waals surface area (Å²) < 4.78 is 1.31. The molecule has 1 N–H and O–H groups in total. The Balaban J connectivity index is 2.55. The third kappa shape index (κ3) is 5.70. The van der Waals surface area contributed by atoms with E-state index in [0.29, 0.717) is 5.41 Å². The molecule has 1 aromatic rings. The van der Waals surface area contributed by atoms with Gasteiger partial charge in [-0.25, -0.2) is 0 Å². The molecule has 0 radical (unpaired) electrons. The van der Waals surface area contributed by atoms with Crippen LogP contribution in [0.25, 0.3) is 0 Å². The van der Waals surface area contributed by atoms with Gasteiger partial charge >= 0.3 is 0 Å². The van der Waals surface area contributed by atoms with Crippen LogP contribution in [-0.4, -0.2) is 13.1 Å². The topological polar surface area (TPSA) is 12.0 Å². The maximum absolute atomic E-state index is 3.61. The maximum atomic E-state index is 3.61. The molecule has 1 aromatic carbocycles. The molecule has 18 heavy (non-hydrogen) atoms. The van der Waals surface area contributed by atoms with Gasteiger partial charge in [0.1, 0.15) is 0 Å². The van der Waals surface area contributed by atoms with Crippen LogP contribution in [-0.2, 0) is 6.42 Å². The molecule has 0 saturated carbocycles. The zero-order valence-electron chi connectivity index (χ0n) is 12.1. The smallest absolute Gasteiger partial charge is 0.0130 e. The molecular formula is C16H26IN. The summed E-state index contributed by atoms with van der Waals surface area (Å²) in [6.07, 6.45) is 2.37. The van der Waals surface area contributed by atoms with E-state index >= 15 is 0 Å². The molecule has 0 aliphatic rings. The van der Waals surface area contributed by atoms with Crippen LogP contribution in [0.5, 0.6) is 0 Å². The molecule has 0 bridgehead atoms. The number of halogens is 1. The van der Waals surface area contributed by atoms with Crippen LogP contribution in [0.4, 0.5) is 0 Å². The maximum Gasteiger partial charge on any atom is 0.0130 e. The molecule has 102 valence electrons. The average molecular weight is 359 g/mol. The number of benzene rings is 1. The SMILES string of the molecule is CCC(C)(CNCC(C)C)Cc1ccc(I)cc1. The minimum absolute atomic E-state index is 0.363. The lowest BCUT2D eigenvalue weighted by molar-refractivity contribution is 0.285. The third-order valence-electron chi connectivity index (χ3n) is 3.50. The van der Waals surface area contributed by atoms with Crippen LogP contribution in [0.15, 0.2) is 24.3 Å². The first kappa shape index (κ1) is 16.0. The van der Waals surface area contributed by atoms with E-state index in [-0.39, 0.29) is 0 Å². The summed E-state index contributed by atoms with van der Waals surface area (Å²) in [4.78, 5) is 0. The number of hydrogen-bond acceptors (Lipinski definition) is 1. The van der Waals surface area contributed by atoms with E-state index in [1.165, 1.54) is 15.6 Å². The van der Waals surface area contributed by atoms with Crippen molar-refractivity contribution in [1.29, 1.82) is 0 Å². The van der Waals surface area contributed by atoms with E-state index in [2.05, 4.69) is 79.9 Å². The van der Waals surface area contributed by atoms with Gasteiger partial charge in [0.15, 0.2) is 0 Å². The van der Waals surface area contributed by atoms with E-state index in [1.54, 1.807) is 0 Å². The second-order valence-electron chi connectivity index (χ2n) is 5.99. The summed E-state index contributed by atoms with van der Waals surface area (Å²) >= 11 is 2.36. The van der Waals surface area contributed by atoms with E-state index in [1.807, 2.05) is 0 Å². The standard InChI is InChI=1S/C16H26IN/c1-5-16(4,12-18-11-13(2)3)10-14-6-8-15(17)9-7-14/h6-9,13,18H,5,10-12H2,1-4H3. The minimum atomic E-state index is 0.363. The van der Waals surface area contributed by atoms with Crippen molar-refractivity contribution in [1.82, 2.24) is 5.32 Å². The predicted molar refractivity (Wildman–Crippen MR) is 89.0 cm³/mol. The molecule has 0 spiro atoms. The molecule has 0 aromatic heterocycles. The molecule has 2 heteroatoms. The van der Waals surface area contributed by atoms with E-state index in [9.17, 15) is 0 Å². The summed E-state index contributed by atoms with van der Waals surface area (Å²) in [5.74, 6) is 0.726. The van der Waals surface area contributed by atoms with Gasteiger partial charge in [-0.2, -0.15) is 0 Å². The summed E-state index contributed by atoms with van der Waals surface area (Å²) in [6, 6.07) is 8.93. The molecule has 1 unspecified atom stereocenters. The van der Waals surface area contributed by atoms with Gasteiger partial charge in [0, 0.05) is 10.1 Å². The third-order valence-corrected chi connectivity index (χ3v) is 4.22. The number of nitrogens with one attached hydrogen (secondary N) is 1. The Labute approximate surface area is 126 Å². The monoisotopic (exact) mass is 359 g/mol. The van der Waals surface area contributed by atoms with Gasteiger partial charge in [0.05, 0.1) is 0 Å². The van der Waals surface area contributed by atoms with Crippen molar-refractivity contribution in [2.24, 2.45) is 11.3 Å². The van der Waals surface area contributed by atoms with Gasteiger partial charge in [-0.1, -0.05) is 39.8 Å². The molecule has 0 saturated heterocycles. The fourth-order valence-corrected chi connectivity index (χ4v) is 2.43. The summed E-state index contributed by atoms with van der Waals surface area (Å²) in [7, 11) is 0. The predicted octanol–water partition coefficient (Wildman–Crippen LogP) is 4.50. The fraction of sp³-hybridized carbons (Fsp3) is 0.625. The quantitative estimate of drug-likeness (QED) is 0.707. The Morgan fingerprint density at radius 3 is 2.33 bits per heavy atom. The molecule has 1 nitrogen and oxygen atoms in total.